The predicted molar refractivity (Wildman–Crippen MR) is 163 cm³/mol. The second-order valence-corrected chi connectivity index (χ2v) is 13.0. The molecule has 41 heavy (non-hydrogen) atoms. The van der Waals surface area contributed by atoms with Crippen LogP contribution in [0.5, 0.6) is 0 Å². The number of rotatable bonds is 11. The zero-order valence-electron chi connectivity index (χ0n) is 24.5. The van der Waals surface area contributed by atoms with E-state index in [-0.39, 0.29) is 23.4 Å². The van der Waals surface area contributed by atoms with E-state index < -0.39 is 28.5 Å². The summed E-state index contributed by atoms with van der Waals surface area (Å²) in [5.74, 6) is -0.637. The maximum absolute atomic E-state index is 14.1. The molecule has 3 aromatic carbocycles. The monoisotopic (exact) mass is 575 g/mol. The molecule has 0 heterocycles. The molecule has 1 saturated carbocycles. The molecule has 0 aliphatic heterocycles. The zero-order chi connectivity index (χ0) is 29.6. The SMILES string of the molecule is Cc1ccc(S(=O)(=O)N(CC(=O)N(CCc2ccccc2)C(C)C(=O)NC2CCCC2)c2cc(C)cc(C)c2)cc1. The second-order valence-electron chi connectivity index (χ2n) is 11.2. The molecule has 1 atom stereocenters. The molecule has 0 aromatic heterocycles. The van der Waals surface area contributed by atoms with Gasteiger partial charge in [0.2, 0.25) is 11.8 Å². The number of carbonyl (C=O) groups is 2. The fraction of sp³-hybridized carbons (Fsp3) is 0.394. The van der Waals surface area contributed by atoms with Crippen molar-refractivity contribution in [3.63, 3.8) is 0 Å². The summed E-state index contributed by atoms with van der Waals surface area (Å²) >= 11 is 0. The van der Waals surface area contributed by atoms with Crippen LogP contribution in [0.2, 0.25) is 0 Å². The van der Waals surface area contributed by atoms with Crippen molar-refractivity contribution in [1.29, 1.82) is 0 Å². The number of amides is 2. The Morgan fingerprint density at radius 1 is 0.878 bits per heavy atom. The fourth-order valence-corrected chi connectivity index (χ4v) is 6.82. The van der Waals surface area contributed by atoms with Gasteiger partial charge in [-0.25, -0.2) is 8.42 Å². The van der Waals surface area contributed by atoms with Crippen LogP contribution in [0.15, 0.2) is 77.7 Å². The van der Waals surface area contributed by atoms with Crippen molar-refractivity contribution in [2.75, 3.05) is 17.4 Å². The first kappa shape index (κ1) is 30.3. The highest BCUT2D eigenvalue weighted by Gasteiger charge is 2.33. The lowest BCUT2D eigenvalue weighted by Crippen LogP contribution is -2.53. The third kappa shape index (κ3) is 7.76. The molecule has 4 rings (SSSR count). The molecule has 1 fully saturated rings. The summed E-state index contributed by atoms with van der Waals surface area (Å²) < 4.78 is 29.2. The van der Waals surface area contributed by atoms with Crippen molar-refractivity contribution in [1.82, 2.24) is 10.2 Å². The van der Waals surface area contributed by atoms with E-state index in [1.54, 1.807) is 43.3 Å². The second kappa shape index (κ2) is 13.3. The van der Waals surface area contributed by atoms with E-state index in [1.165, 1.54) is 9.21 Å². The van der Waals surface area contributed by atoms with Crippen LogP contribution >= 0.6 is 0 Å². The molecule has 8 heteroatoms. The minimum absolute atomic E-state index is 0.109. The number of sulfonamides is 1. The average Bonchev–Trinajstić information content (AvgIpc) is 3.45. The van der Waals surface area contributed by atoms with Crippen molar-refractivity contribution in [3.8, 4) is 0 Å². The molecule has 0 saturated heterocycles. The molecule has 218 valence electrons. The molecule has 0 spiro atoms. The molecular formula is C33H41N3O4S. The molecule has 1 N–H and O–H groups in total. The number of benzene rings is 3. The smallest absolute Gasteiger partial charge is 0.264 e. The van der Waals surface area contributed by atoms with E-state index in [1.807, 2.05) is 57.2 Å². The predicted octanol–water partition coefficient (Wildman–Crippen LogP) is 5.33. The molecular weight excluding hydrogens is 534 g/mol. The summed E-state index contributed by atoms with van der Waals surface area (Å²) in [6.45, 7) is 7.28. The van der Waals surface area contributed by atoms with E-state index in [9.17, 15) is 18.0 Å². The van der Waals surface area contributed by atoms with Gasteiger partial charge in [-0.3, -0.25) is 13.9 Å². The summed E-state index contributed by atoms with van der Waals surface area (Å²) in [5, 5.41) is 3.11. The largest absolute Gasteiger partial charge is 0.352 e. The standard InChI is InChI=1S/C33H41N3O4S/c1-24-14-16-31(17-15-24)41(39,40)36(30-21-25(2)20-26(3)22-30)23-32(37)35(19-18-28-10-6-5-7-11-28)27(4)33(38)34-29-12-8-9-13-29/h5-7,10-11,14-17,20-22,27,29H,8-9,12-13,18-19,23H2,1-4H3,(H,34,38). The van der Waals surface area contributed by atoms with Gasteiger partial charge in [-0.1, -0.05) is 66.9 Å². The van der Waals surface area contributed by atoms with Gasteiger partial charge in [0.15, 0.2) is 0 Å². The van der Waals surface area contributed by atoms with Crippen LogP contribution in [0.3, 0.4) is 0 Å². The number of carbonyl (C=O) groups excluding carboxylic acids is 2. The van der Waals surface area contributed by atoms with Gasteiger partial charge in [-0.15, -0.1) is 0 Å². The molecule has 7 nitrogen and oxygen atoms in total. The Morgan fingerprint density at radius 3 is 2.10 bits per heavy atom. The highest BCUT2D eigenvalue weighted by molar-refractivity contribution is 7.92. The van der Waals surface area contributed by atoms with Crippen LogP contribution in [0.25, 0.3) is 0 Å². The van der Waals surface area contributed by atoms with Gasteiger partial charge in [-0.05, 0) is 87.9 Å². The van der Waals surface area contributed by atoms with E-state index >= 15 is 0 Å². The topological polar surface area (TPSA) is 86.8 Å². The lowest BCUT2D eigenvalue weighted by atomic mass is 10.1. The van der Waals surface area contributed by atoms with Gasteiger partial charge in [0.1, 0.15) is 12.6 Å². The molecule has 0 bridgehead atoms. The van der Waals surface area contributed by atoms with Gasteiger partial charge < -0.3 is 10.2 Å². The third-order valence-corrected chi connectivity index (χ3v) is 9.52. The van der Waals surface area contributed by atoms with Crippen LogP contribution in [0.4, 0.5) is 5.69 Å². The molecule has 1 unspecified atom stereocenters. The van der Waals surface area contributed by atoms with E-state index in [2.05, 4.69) is 5.32 Å². The molecule has 3 aromatic rings. The van der Waals surface area contributed by atoms with Gasteiger partial charge in [0.25, 0.3) is 10.0 Å². The van der Waals surface area contributed by atoms with Crippen LogP contribution in [-0.2, 0) is 26.0 Å². The summed E-state index contributed by atoms with van der Waals surface area (Å²) in [6.07, 6.45) is 4.58. The molecule has 2 amide bonds. The number of hydrogen-bond acceptors (Lipinski definition) is 4. The average molecular weight is 576 g/mol. The van der Waals surface area contributed by atoms with Gasteiger partial charge in [-0.2, -0.15) is 0 Å². The molecule has 1 aliphatic carbocycles. The Labute approximate surface area is 244 Å². The number of anilines is 1. The number of hydrogen-bond donors (Lipinski definition) is 1. The fourth-order valence-electron chi connectivity index (χ4n) is 5.42. The molecule has 0 radical (unpaired) electrons. The number of aryl methyl sites for hydroxylation is 3. The van der Waals surface area contributed by atoms with E-state index in [0.29, 0.717) is 12.1 Å². The Morgan fingerprint density at radius 2 is 1.49 bits per heavy atom. The Hall–Kier alpha value is -3.65. The van der Waals surface area contributed by atoms with Crippen molar-refractivity contribution >= 4 is 27.5 Å². The van der Waals surface area contributed by atoms with Gasteiger partial charge in [0, 0.05) is 12.6 Å². The first-order chi connectivity index (χ1) is 19.5. The van der Waals surface area contributed by atoms with Crippen molar-refractivity contribution < 1.29 is 18.0 Å². The minimum Gasteiger partial charge on any atom is -0.352 e. The van der Waals surface area contributed by atoms with Gasteiger partial charge >= 0.3 is 0 Å². The van der Waals surface area contributed by atoms with Crippen molar-refractivity contribution in [3.05, 3.63) is 95.1 Å². The summed E-state index contributed by atoms with van der Waals surface area (Å²) in [4.78, 5) is 29.0. The van der Waals surface area contributed by atoms with Crippen LogP contribution in [-0.4, -0.2) is 50.3 Å². The number of nitrogens with zero attached hydrogens (tertiary/aromatic N) is 2. The van der Waals surface area contributed by atoms with Crippen LogP contribution in [0, 0.1) is 20.8 Å². The summed E-state index contributed by atoms with van der Waals surface area (Å²) in [7, 11) is -4.08. The Kier molecular flexibility index (Phi) is 9.86. The Balaban J connectivity index is 1.67. The lowest BCUT2D eigenvalue weighted by molar-refractivity contribution is -0.139. The summed E-state index contributed by atoms with van der Waals surface area (Å²) in [5.41, 5.74) is 4.17. The Bertz CT molecular complexity index is 1430. The third-order valence-electron chi connectivity index (χ3n) is 7.74. The van der Waals surface area contributed by atoms with E-state index in [0.717, 1.165) is 47.9 Å². The maximum atomic E-state index is 14.1. The van der Waals surface area contributed by atoms with Crippen LogP contribution < -0.4 is 9.62 Å². The molecule has 1 aliphatic rings. The van der Waals surface area contributed by atoms with Crippen molar-refractivity contribution in [2.45, 2.75) is 76.8 Å². The highest BCUT2D eigenvalue weighted by Crippen LogP contribution is 2.27. The normalized spacial score (nSPS) is 14.4. The lowest BCUT2D eigenvalue weighted by Gasteiger charge is -2.32. The highest BCUT2D eigenvalue weighted by atomic mass is 32.2. The first-order valence-electron chi connectivity index (χ1n) is 14.4. The maximum Gasteiger partial charge on any atom is 0.264 e. The minimum atomic E-state index is -4.08. The summed E-state index contributed by atoms with van der Waals surface area (Å²) in [6, 6.07) is 21.3. The van der Waals surface area contributed by atoms with Crippen LogP contribution in [0.1, 0.15) is 54.9 Å². The zero-order valence-corrected chi connectivity index (χ0v) is 25.3. The quantitative estimate of drug-likeness (QED) is 0.335. The van der Waals surface area contributed by atoms with E-state index in [4.69, 9.17) is 0 Å². The first-order valence-corrected chi connectivity index (χ1v) is 15.8. The van der Waals surface area contributed by atoms with Gasteiger partial charge in [0.05, 0.1) is 10.6 Å². The number of nitrogens with one attached hydrogen (secondary N) is 1. The van der Waals surface area contributed by atoms with Crippen molar-refractivity contribution in [2.24, 2.45) is 0 Å².